The number of benzene rings is 1. The molecule has 2 aromatic rings. The fourth-order valence-electron chi connectivity index (χ4n) is 1.56. The van der Waals surface area contributed by atoms with E-state index in [2.05, 4.69) is 36.4 Å². The van der Waals surface area contributed by atoms with E-state index in [1.807, 2.05) is 13.1 Å². The van der Waals surface area contributed by atoms with Gasteiger partial charge in [-0.3, -0.25) is 4.68 Å². The van der Waals surface area contributed by atoms with Crippen molar-refractivity contribution >= 4 is 17.2 Å². The molecule has 0 radical (unpaired) electrons. The van der Waals surface area contributed by atoms with Crippen LogP contribution >= 0.6 is 0 Å². The zero-order chi connectivity index (χ0) is 11.7. The molecule has 0 saturated carbocycles. The molecule has 0 saturated heterocycles. The van der Waals surface area contributed by atoms with E-state index < -0.39 is 0 Å². The van der Waals surface area contributed by atoms with Crippen molar-refractivity contribution in [3.05, 3.63) is 35.5 Å². The second kappa shape index (κ2) is 3.89. The molecule has 3 N–H and O–H groups in total. The Hall–Kier alpha value is -1.97. The molecular weight excluding hydrogens is 200 g/mol. The molecular formula is C12H16N4. The predicted octanol–water partition coefficient (Wildman–Crippen LogP) is 2.36. The second-order valence-electron chi connectivity index (χ2n) is 4.03. The molecule has 0 bridgehead atoms. The summed E-state index contributed by atoms with van der Waals surface area (Å²) in [6, 6.07) is 6.19. The average Bonchev–Trinajstić information content (AvgIpc) is 2.51. The molecule has 0 aliphatic heterocycles. The quantitative estimate of drug-likeness (QED) is 0.810. The first-order chi connectivity index (χ1) is 7.56. The van der Waals surface area contributed by atoms with Crippen LogP contribution in [0.3, 0.4) is 0 Å². The van der Waals surface area contributed by atoms with Crippen LogP contribution in [0.1, 0.15) is 11.1 Å². The normalized spacial score (nSPS) is 10.4. The van der Waals surface area contributed by atoms with Gasteiger partial charge >= 0.3 is 0 Å². The van der Waals surface area contributed by atoms with Gasteiger partial charge in [0.05, 0.1) is 5.69 Å². The molecule has 0 spiro atoms. The fraction of sp³-hybridized carbons (Fsp3) is 0.250. The zero-order valence-electron chi connectivity index (χ0n) is 9.78. The Labute approximate surface area is 95.1 Å². The molecule has 84 valence electrons. The van der Waals surface area contributed by atoms with Gasteiger partial charge < -0.3 is 11.1 Å². The molecule has 0 unspecified atom stereocenters. The Morgan fingerprint density at radius 2 is 2.00 bits per heavy atom. The second-order valence-corrected chi connectivity index (χ2v) is 4.03. The number of nitrogens with one attached hydrogen (secondary N) is 1. The van der Waals surface area contributed by atoms with Crippen molar-refractivity contribution < 1.29 is 0 Å². The highest BCUT2D eigenvalue weighted by Gasteiger charge is 2.04. The SMILES string of the molecule is Cc1ccc(Nc2nn(C)cc2N)cc1C. The van der Waals surface area contributed by atoms with E-state index in [0.29, 0.717) is 11.5 Å². The predicted molar refractivity (Wildman–Crippen MR) is 66.8 cm³/mol. The Morgan fingerprint density at radius 1 is 1.25 bits per heavy atom. The number of hydrogen-bond donors (Lipinski definition) is 2. The summed E-state index contributed by atoms with van der Waals surface area (Å²) >= 11 is 0. The number of nitrogens with two attached hydrogens (primary N) is 1. The van der Waals surface area contributed by atoms with E-state index in [1.54, 1.807) is 10.9 Å². The Bertz CT molecular complexity index is 514. The fourth-order valence-corrected chi connectivity index (χ4v) is 1.56. The highest BCUT2D eigenvalue weighted by Crippen LogP contribution is 2.22. The standard InChI is InChI=1S/C12H16N4/c1-8-4-5-10(6-9(8)2)14-12-11(13)7-16(3)15-12/h4-7H,13H2,1-3H3,(H,14,15). The maximum atomic E-state index is 5.81. The Morgan fingerprint density at radius 3 is 2.56 bits per heavy atom. The molecule has 2 rings (SSSR count). The van der Waals surface area contributed by atoms with Gasteiger partial charge in [-0.15, -0.1) is 0 Å². The van der Waals surface area contributed by atoms with E-state index in [-0.39, 0.29) is 0 Å². The number of hydrogen-bond acceptors (Lipinski definition) is 3. The summed E-state index contributed by atoms with van der Waals surface area (Å²) in [5.74, 6) is 0.700. The maximum absolute atomic E-state index is 5.81. The van der Waals surface area contributed by atoms with Crippen LogP contribution in [0.4, 0.5) is 17.2 Å². The maximum Gasteiger partial charge on any atom is 0.175 e. The van der Waals surface area contributed by atoms with Crippen LogP contribution in [-0.4, -0.2) is 9.78 Å². The molecule has 1 heterocycles. The first kappa shape index (κ1) is 10.5. The molecule has 4 heteroatoms. The molecule has 0 aliphatic carbocycles. The minimum absolute atomic E-state index is 0.653. The summed E-state index contributed by atoms with van der Waals surface area (Å²) < 4.78 is 1.69. The van der Waals surface area contributed by atoms with Crippen molar-refractivity contribution in [1.29, 1.82) is 0 Å². The largest absolute Gasteiger partial charge is 0.394 e. The molecule has 0 fully saturated rings. The summed E-state index contributed by atoms with van der Waals surface area (Å²) in [6.45, 7) is 4.18. The number of rotatable bonds is 2. The van der Waals surface area contributed by atoms with Crippen molar-refractivity contribution in [2.45, 2.75) is 13.8 Å². The van der Waals surface area contributed by atoms with Crippen LogP contribution in [0.15, 0.2) is 24.4 Å². The smallest absolute Gasteiger partial charge is 0.175 e. The highest BCUT2D eigenvalue weighted by molar-refractivity contribution is 5.68. The van der Waals surface area contributed by atoms with Gasteiger partial charge in [-0.2, -0.15) is 5.10 Å². The molecule has 0 atom stereocenters. The van der Waals surface area contributed by atoms with E-state index >= 15 is 0 Å². The van der Waals surface area contributed by atoms with E-state index in [4.69, 9.17) is 5.73 Å². The first-order valence-electron chi connectivity index (χ1n) is 5.19. The monoisotopic (exact) mass is 216 g/mol. The lowest BCUT2D eigenvalue weighted by atomic mass is 10.1. The molecule has 1 aromatic carbocycles. The lowest BCUT2D eigenvalue weighted by Crippen LogP contribution is -1.96. The van der Waals surface area contributed by atoms with E-state index in [1.165, 1.54) is 11.1 Å². The average molecular weight is 216 g/mol. The highest BCUT2D eigenvalue weighted by atomic mass is 15.3. The van der Waals surface area contributed by atoms with Gasteiger partial charge in [0.2, 0.25) is 0 Å². The Balaban J connectivity index is 2.27. The van der Waals surface area contributed by atoms with Crippen LogP contribution in [-0.2, 0) is 7.05 Å². The summed E-state index contributed by atoms with van der Waals surface area (Å²) in [7, 11) is 1.85. The molecule has 4 nitrogen and oxygen atoms in total. The van der Waals surface area contributed by atoms with Gasteiger partial charge in [0.25, 0.3) is 0 Å². The van der Waals surface area contributed by atoms with Crippen molar-refractivity contribution in [3.8, 4) is 0 Å². The molecule has 1 aromatic heterocycles. The van der Waals surface area contributed by atoms with Crippen molar-refractivity contribution in [2.24, 2.45) is 7.05 Å². The Kier molecular flexibility index (Phi) is 2.56. The number of nitrogen functional groups attached to an aromatic ring is 1. The van der Waals surface area contributed by atoms with Gasteiger partial charge in [-0.05, 0) is 37.1 Å². The van der Waals surface area contributed by atoms with Crippen molar-refractivity contribution in [3.63, 3.8) is 0 Å². The summed E-state index contributed by atoms with van der Waals surface area (Å²) in [4.78, 5) is 0. The van der Waals surface area contributed by atoms with Crippen molar-refractivity contribution in [1.82, 2.24) is 9.78 Å². The van der Waals surface area contributed by atoms with Crippen LogP contribution in [0, 0.1) is 13.8 Å². The van der Waals surface area contributed by atoms with Gasteiger partial charge in [0.1, 0.15) is 0 Å². The molecule has 16 heavy (non-hydrogen) atoms. The number of anilines is 3. The van der Waals surface area contributed by atoms with Crippen molar-refractivity contribution in [2.75, 3.05) is 11.1 Å². The zero-order valence-corrected chi connectivity index (χ0v) is 9.78. The number of aryl methyl sites for hydroxylation is 3. The number of aromatic nitrogens is 2. The van der Waals surface area contributed by atoms with Crippen LogP contribution in [0.5, 0.6) is 0 Å². The number of nitrogens with zero attached hydrogens (tertiary/aromatic N) is 2. The van der Waals surface area contributed by atoms with Gasteiger partial charge in [0.15, 0.2) is 5.82 Å². The third-order valence-corrected chi connectivity index (χ3v) is 2.63. The summed E-state index contributed by atoms with van der Waals surface area (Å²) in [5.41, 5.74) is 10.00. The van der Waals surface area contributed by atoms with Crippen LogP contribution in [0.25, 0.3) is 0 Å². The minimum atomic E-state index is 0.653. The third kappa shape index (κ3) is 2.00. The lowest BCUT2D eigenvalue weighted by molar-refractivity contribution is 0.771. The van der Waals surface area contributed by atoms with Crippen LogP contribution in [0.2, 0.25) is 0 Å². The minimum Gasteiger partial charge on any atom is -0.394 e. The van der Waals surface area contributed by atoms with Gasteiger partial charge in [0, 0.05) is 18.9 Å². The molecule has 0 amide bonds. The van der Waals surface area contributed by atoms with Gasteiger partial charge in [-0.25, -0.2) is 0 Å². The first-order valence-corrected chi connectivity index (χ1v) is 5.19. The lowest BCUT2D eigenvalue weighted by Gasteiger charge is -2.06. The third-order valence-electron chi connectivity index (χ3n) is 2.63. The topological polar surface area (TPSA) is 55.9 Å². The van der Waals surface area contributed by atoms with Crippen LogP contribution < -0.4 is 11.1 Å². The molecule has 0 aliphatic rings. The summed E-state index contributed by atoms with van der Waals surface area (Å²) in [5, 5.41) is 7.44. The van der Waals surface area contributed by atoms with E-state index in [0.717, 1.165) is 5.69 Å². The summed E-state index contributed by atoms with van der Waals surface area (Å²) in [6.07, 6.45) is 1.78. The van der Waals surface area contributed by atoms with E-state index in [9.17, 15) is 0 Å². The van der Waals surface area contributed by atoms with Gasteiger partial charge in [-0.1, -0.05) is 6.07 Å².